The number of hydrogen-bond donors (Lipinski definition) is 1. The van der Waals surface area contributed by atoms with E-state index in [2.05, 4.69) is 15.0 Å². The first-order valence-electron chi connectivity index (χ1n) is 5.28. The topological polar surface area (TPSA) is 73.9 Å². The average molecular weight is 250 g/mol. The molecular weight excluding hydrogens is 236 g/mol. The first-order valence-corrected chi connectivity index (χ1v) is 6.16. The molecule has 0 amide bonds. The molecule has 2 rings (SSSR count). The van der Waals surface area contributed by atoms with Crippen LogP contribution < -0.4 is 10.5 Å². The lowest BCUT2D eigenvalue weighted by Crippen LogP contribution is -2.10. The summed E-state index contributed by atoms with van der Waals surface area (Å²) in [5, 5.41) is 1.99. The van der Waals surface area contributed by atoms with Gasteiger partial charge in [0, 0.05) is 15.8 Å². The molecule has 0 fully saturated rings. The molecule has 6 heteroatoms. The molecule has 0 radical (unpaired) electrons. The van der Waals surface area contributed by atoms with Crippen LogP contribution in [-0.4, -0.2) is 21.1 Å². The number of hydrogen-bond acceptors (Lipinski definition) is 6. The van der Waals surface area contributed by atoms with Crippen molar-refractivity contribution >= 4 is 17.3 Å². The third-order valence-electron chi connectivity index (χ3n) is 1.96. The number of aryl methyl sites for hydroxylation is 1. The van der Waals surface area contributed by atoms with E-state index >= 15 is 0 Å². The Bertz CT molecular complexity index is 524. The van der Waals surface area contributed by atoms with E-state index in [-0.39, 0.29) is 18.1 Å². The summed E-state index contributed by atoms with van der Waals surface area (Å²) in [6.07, 6.45) is 0.00820. The summed E-state index contributed by atoms with van der Waals surface area (Å²) in [5.41, 5.74) is 6.58. The van der Waals surface area contributed by atoms with Crippen molar-refractivity contribution in [2.75, 3.05) is 5.73 Å². The fraction of sp³-hybridized carbons (Fsp3) is 0.364. The van der Waals surface area contributed by atoms with Gasteiger partial charge in [-0.1, -0.05) is 0 Å². The molecule has 0 atom stereocenters. The summed E-state index contributed by atoms with van der Waals surface area (Å²) in [5.74, 6) is 0.729. The maximum Gasteiger partial charge on any atom is 0.322 e. The van der Waals surface area contributed by atoms with Crippen LogP contribution in [0.1, 0.15) is 18.7 Å². The summed E-state index contributed by atoms with van der Waals surface area (Å²) >= 11 is 1.64. The lowest BCUT2D eigenvalue weighted by molar-refractivity contribution is 0.222. The molecule has 5 nitrogen and oxygen atoms in total. The molecule has 0 saturated carbocycles. The maximum absolute atomic E-state index is 5.64. The Balaban J connectivity index is 2.37. The molecule has 2 aromatic rings. The number of aromatic nitrogens is 3. The van der Waals surface area contributed by atoms with Gasteiger partial charge in [0.2, 0.25) is 5.95 Å². The second kappa shape index (κ2) is 4.67. The third kappa shape index (κ3) is 2.91. The number of ether oxygens (including phenoxy) is 1. The minimum Gasteiger partial charge on any atom is -0.461 e. The van der Waals surface area contributed by atoms with Gasteiger partial charge in [-0.15, -0.1) is 11.3 Å². The Morgan fingerprint density at radius 1 is 1.29 bits per heavy atom. The summed E-state index contributed by atoms with van der Waals surface area (Å²) in [4.78, 5) is 13.5. The van der Waals surface area contributed by atoms with Crippen molar-refractivity contribution in [1.29, 1.82) is 0 Å². The molecule has 2 aromatic heterocycles. The van der Waals surface area contributed by atoms with Crippen LogP contribution in [0.4, 0.5) is 5.95 Å². The van der Waals surface area contributed by atoms with Crippen molar-refractivity contribution in [2.45, 2.75) is 26.9 Å². The van der Waals surface area contributed by atoms with Crippen molar-refractivity contribution in [1.82, 2.24) is 15.0 Å². The van der Waals surface area contributed by atoms with Gasteiger partial charge in [-0.25, -0.2) is 0 Å². The lowest BCUT2D eigenvalue weighted by atomic mass is 10.3. The second-order valence-corrected chi connectivity index (χ2v) is 5.03. The van der Waals surface area contributed by atoms with Crippen LogP contribution in [0.3, 0.4) is 0 Å². The van der Waals surface area contributed by atoms with E-state index in [0.717, 1.165) is 5.56 Å². The molecule has 0 aliphatic heterocycles. The summed E-state index contributed by atoms with van der Waals surface area (Å²) < 4.78 is 5.43. The van der Waals surface area contributed by atoms with Crippen LogP contribution in [0.15, 0.2) is 11.4 Å². The first-order chi connectivity index (χ1) is 8.04. The van der Waals surface area contributed by atoms with E-state index in [4.69, 9.17) is 10.5 Å². The molecule has 17 heavy (non-hydrogen) atoms. The predicted octanol–water partition coefficient (Wildman–Crippen LogP) is 2.28. The molecule has 2 N–H and O–H groups in total. The van der Waals surface area contributed by atoms with E-state index in [0.29, 0.717) is 5.82 Å². The fourth-order valence-corrected chi connectivity index (χ4v) is 2.01. The molecule has 0 aromatic carbocycles. The van der Waals surface area contributed by atoms with Gasteiger partial charge in [-0.05, 0) is 26.8 Å². The Hall–Kier alpha value is -1.69. The zero-order chi connectivity index (χ0) is 12.4. The quantitative estimate of drug-likeness (QED) is 0.904. The van der Waals surface area contributed by atoms with E-state index in [1.807, 2.05) is 32.2 Å². The fourth-order valence-electron chi connectivity index (χ4n) is 1.33. The molecule has 0 spiro atoms. The van der Waals surface area contributed by atoms with Gasteiger partial charge in [0.25, 0.3) is 0 Å². The maximum atomic E-state index is 5.64. The average Bonchev–Trinajstić information content (AvgIpc) is 2.62. The number of thiophene rings is 1. The molecule has 0 bridgehead atoms. The lowest BCUT2D eigenvalue weighted by Gasteiger charge is -2.08. The van der Waals surface area contributed by atoms with Crippen molar-refractivity contribution in [2.24, 2.45) is 0 Å². The minimum atomic E-state index is 0.00820. The third-order valence-corrected chi connectivity index (χ3v) is 2.82. The van der Waals surface area contributed by atoms with Gasteiger partial charge in [0.15, 0.2) is 5.82 Å². The molecule has 0 unspecified atom stereocenters. The number of nitrogens with two attached hydrogens (primary N) is 1. The van der Waals surface area contributed by atoms with Gasteiger partial charge in [-0.2, -0.15) is 15.0 Å². The van der Waals surface area contributed by atoms with Crippen LogP contribution in [0.2, 0.25) is 0 Å². The van der Waals surface area contributed by atoms with Crippen LogP contribution in [0.5, 0.6) is 6.01 Å². The minimum absolute atomic E-state index is 0.00820. The van der Waals surface area contributed by atoms with Gasteiger partial charge in [-0.3, -0.25) is 0 Å². The SMILES string of the molecule is Cc1cc(-c2nc(N)nc(OC(C)C)n2)cs1. The van der Waals surface area contributed by atoms with Crippen LogP contribution in [0.25, 0.3) is 11.4 Å². The molecule has 0 aliphatic rings. The summed E-state index contributed by atoms with van der Waals surface area (Å²) in [6, 6.07) is 2.28. The summed E-state index contributed by atoms with van der Waals surface area (Å²) in [7, 11) is 0. The molecule has 90 valence electrons. The summed E-state index contributed by atoms with van der Waals surface area (Å²) in [6.45, 7) is 5.85. The van der Waals surface area contributed by atoms with Crippen molar-refractivity contribution < 1.29 is 4.74 Å². The number of anilines is 1. The van der Waals surface area contributed by atoms with E-state index in [9.17, 15) is 0 Å². The van der Waals surface area contributed by atoms with Crippen molar-refractivity contribution in [3.05, 3.63) is 16.3 Å². The molecule has 0 aliphatic carbocycles. The van der Waals surface area contributed by atoms with E-state index in [1.165, 1.54) is 4.88 Å². The highest BCUT2D eigenvalue weighted by molar-refractivity contribution is 7.10. The van der Waals surface area contributed by atoms with Crippen molar-refractivity contribution in [3.63, 3.8) is 0 Å². The Morgan fingerprint density at radius 2 is 2.06 bits per heavy atom. The van der Waals surface area contributed by atoms with Crippen LogP contribution >= 0.6 is 11.3 Å². The molecule has 0 saturated heterocycles. The highest BCUT2D eigenvalue weighted by Crippen LogP contribution is 2.23. The van der Waals surface area contributed by atoms with E-state index < -0.39 is 0 Å². The zero-order valence-corrected chi connectivity index (χ0v) is 10.8. The molecule has 2 heterocycles. The van der Waals surface area contributed by atoms with Crippen LogP contribution in [-0.2, 0) is 0 Å². The van der Waals surface area contributed by atoms with Gasteiger partial charge in [0.05, 0.1) is 6.10 Å². The standard InChI is InChI=1S/C11H14N4OS/c1-6(2)16-11-14-9(13-10(12)15-11)8-4-7(3)17-5-8/h4-6H,1-3H3,(H2,12,13,14,15). The monoisotopic (exact) mass is 250 g/mol. The smallest absolute Gasteiger partial charge is 0.322 e. The van der Waals surface area contributed by atoms with E-state index in [1.54, 1.807) is 11.3 Å². The van der Waals surface area contributed by atoms with Gasteiger partial charge >= 0.3 is 6.01 Å². The zero-order valence-electron chi connectivity index (χ0n) is 9.97. The predicted molar refractivity (Wildman–Crippen MR) is 68.1 cm³/mol. The normalized spacial score (nSPS) is 10.8. The van der Waals surface area contributed by atoms with Crippen molar-refractivity contribution in [3.8, 4) is 17.4 Å². The highest BCUT2D eigenvalue weighted by atomic mass is 32.1. The van der Waals surface area contributed by atoms with Gasteiger partial charge < -0.3 is 10.5 Å². The Labute approximate surface area is 104 Å². The second-order valence-electron chi connectivity index (χ2n) is 3.91. The number of nitrogens with zero attached hydrogens (tertiary/aromatic N) is 3. The van der Waals surface area contributed by atoms with Crippen LogP contribution in [0, 0.1) is 6.92 Å². The number of nitrogen functional groups attached to an aromatic ring is 1. The largest absolute Gasteiger partial charge is 0.461 e. The highest BCUT2D eigenvalue weighted by Gasteiger charge is 2.10. The van der Waals surface area contributed by atoms with Gasteiger partial charge in [0.1, 0.15) is 0 Å². The first kappa shape index (κ1) is 11.8. The Morgan fingerprint density at radius 3 is 2.65 bits per heavy atom. The molecular formula is C11H14N4OS. The Kier molecular flexibility index (Phi) is 3.23. The number of rotatable bonds is 3.